The van der Waals surface area contributed by atoms with Crippen LogP contribution >= 0.6 is 0 Å². The van der Waals surface area contributed by atoms with E-state index in [1.54, 1.807) is 0 Å². The number of hydrogen-bond acceptors (Lipinski definition) is 2. The van der Waals surface area contributed by atoms with Crippen LogP contribution < -0.4 is 17.3 Å². The molecule has 1 fully saturated rings. The predicted octanol–water partition coefficient (Wildman–Crippen LogP) is 5.81. The van der Waals surface area contributed by atoms with E-state index in [9.17, 15) is 5.11 Å². The van der Waals surface area contributed by atoms with Crippen molar-refractivity contribution in [2.75, 3.05) is 19.6 Å². The first kappa shape index (κ1) is 37.9. The van der Waals surface area contributed by atoms with Crippen molar-refractivity contribution in [2.24, 2.45) is 0 Å². The second-order valence-electron chi connectivity index (χ2n) is 12.1. The fourth-order valence-electron chi connectivity index (χ4n) is 6.05. The third-order valence-corrected chi connectivity index (χ3v) is 8.59. The first-order chi connectivity index (χ1) is 18.2. The molecule has 0 bridgehead atoms. The Morgan fingerprint density at radius 2 is 1.05 bits per heavy atom. The van der Waals surface area contributed by atoms with E-state index in [-0.39, 0.29) is 18.6 Å². The van der Waals surface area contributed by atoms with Crippen molar-refractivity contribution in [3.8, 4) is 0 Å². The number of nitrogens with one attached hydrogen (secondary N) is 1. The van der Waals surface area contributed by atoms with Crippen LogP contribution in [-0.4, -0.2) is 42.0 Å². The molecule has 1 rings (SSSR count). The van der Waals surface area contributed by atoms with Gasteiger partial charge in [-0.1, -0.05) is 155 Å². The van der Waals surface area contributed by atoms with Crippen molar-refractivity contribution in [1.82, 2.24) is 4.90 Å². The number of allylic oxidation sites excluding steroid dienone is 1. The van der Waals surface area contributed by atoms with Gasteiger partial charge in [-0.3, -0.25) is 4.90 Å². The molecule has 0 aromatic rings. The van der Waals surface area contributed by atoms with Gasteiger partial charge in [0.05, 0.1) is 13.1 Å². The molecule has 1 aliphatic rings. The summed E-state index contributed by atoms with van der Waals surface area (Å²) < 4.78 is 0. The van der Waals surface area contributed by atoms with Gasteiger partial charge in [0.15, 0.2) is 12.4 Å². The number of rotatable bonds is 27. The maximum absolute atomic E-state index is 10.3. The summed E-state index contributed by atoms with van der Waals surface area (Å²) in [4.78, 5) is 3.97. The summed E-state index contributed by atoms with van der Waals surface area (Å²) in [5, 5.41) is 10.3. The SMILES string of the molecule is CCCCCCCCCCCCCCCC=CC1N(CCCCCCCCCCCC)CC[NH+]1C(C)O.[Cl-]. The lowest BCUT2D eigenvalue weighted by atomic mass is 10.0. The number of aliphatic hydroxyl groups excluding tert-OH is 1. The molecule has 0 amide bonds. The van der Waals surface area contributed by atoms with Gasteiger partial charge in [-0.2, -0.15) is 0 Å². The van der Waals surface area contributed by atoms with Gasteiger partial charge >= 0.3 is 0 Å². The summed E-state index contributed by atoms with van der Waals surface area (Å²) in [6, 6.07) is 0. The van der Waals surface area contributed by atoms with Crippen LogP contribution in [-0.2, 0) is 0 Å². The Morgan fingerprint density at radius 1 is 0.658 bits per heavy atom. The van der Waals surface area contributed by atoms with Gasteiger partial charge in [0.1, 0.15) is 0 Å². The summed E-state index contributed by atoms with van der Waals surface area (Å²) in [6.07, 6.45) is 38.6. The Morgan fingerprint density at radius 3 is 1.47 bits per heavy atom. The highest BCUT2D eigenvalue weighted by molar-refractivity contribution is 4.91. The number of quaternary nitrogens is 1. The Labute approximate surface area is 246 Å². The number of nitrogens with zero attached hydrogens (tertiary/aromatic N) is 1. The molecule has 0 aromatic heterocycles. The lowest BCUT2D eigenvalue weighted by molar-refractivity contribution is -0.955. The Hall–Kier alpha value is -0.0900. The molecule has 0 spiro atoms. The molecule has 0 aromatic carbocycles. The summed E-state index contributed by atoms with van der Waals surface area (Å²) in [6.45, 7) is 9.96. The van der Waals surface area contributed by atoms with Crippen molar-refractivity contribution in [2.45, 2.75) is 187 Å². The van der Waals surface area contributed by atoms with Crippen LogP contribution in [0.3, 0.4) is 0 Å². The minimum Gasteiger partial charge on any atom is -1.00 e. The summed E-state index contributed by atoms with van der Waals surface area (Å²) in [7, 11) is 0. The highest BCUT2D eigenvalue weighted by atomic mass is 35.5. The largest absolute Gasteiger partial charge is 1.00 e. The van der Waals surface area contributed by atoms with E-state index in [0.717, 1.165) is 13.1 Å². The van der Waals surface area contributed by atoms with Gasteiger partial charge in [-0.15, -0.1) is 0 Å². The van der Waals surface area contributed by atoms with Gasteiger partial charge in [-0.05, 0) is 25.3 Å². The minimum absolute atomic E-state index is 0. The normalized spacial score (nSPS) is 18.8. The number of aliphatic hydroxyl groups is 1. The van der Waals surface area contributed by atoms with Crippen molar-refractivity contribution < 1.29 is 22.4 Å². The van der Waals surface area contributed by atoms with E-state index >= 15 is 0 Å². The maximum atomic E-state index is 10.3. The van der Waals surface area contributed by atoms with Crippen LogP contribution in [0.4, 0.5) is 0 Å². The second-order valence-corrected chi connectivity index (χ2v) is 12.1. The fraction of sp³-hybridized carbons (Fsp3) is 0.941. The van der Waals surface area contributed by atoms with E-state index in [4.69, 9.17) is 0 Å². The van der Waals surface area contributed by atoms with Gasteiger partial charge in [0, 0.05) is 13.5 Å². The molecular formula is C34H69ClN2O. The van der Waals surface area contributed by atoms with E-state index in [1.807, 2.05) is 6.92 Å². The summed E-state index contributed by atoms with van der Waals surface area (Å²) in [5.41, 5.74) is 0. The molecule has 0 radical (unpaired) electrons. The fourth-order valence-corrected chi connectivity index (χ4v) is 6.05. The minimum atomic E-state index is -0.274. The van der Waals surface area contributed by atoms with Crippen LogP contribution in [0.1, 0.15) is 175 Å². The molecule has 0 aliphatic carbocycles. The molecule has 38 heavy (non-hydrogen) atoms. The van der Waals surface area contributed by atoms with E-state index in [1.165, 1.54) is 166 Å². The first-order valence-corrected chi connectivity index (χ1v) is 17.1. The van der Waals surface area contributed by atoms with E-state index in [2.05, 4.69) is 30.9 Å². The number of unbranched alkanes of at least 4 members (excludes halogenated alkanes) is 22. The molecule has 1 saturated heterocycles. The van der Waals surface area contributed by atoms with E-state index < -0.39 is 0 Å². The summed E-state index contributed by atoms with van der Waals surface area (Å²) >= 11 is 0. The van der Waals surface area contributed by atoms with Crippen LogP contribution in [0, 0.1) is 0 Å². The van der Waals surface area contributed by atoms with Gasteiger partial charge in [0.2, 0.25) is 0 Å². The van der Waals surface area contributed by atoms with Crippen LogP contribution in [0.5, 0.6) is 0 Å². The third-order valence-electron chi connectivity index (χ3n) is 8.59. The highest BCUT2D eigenvalue weighted by Gasteiger charge is 2.35. The van der Waals surface area contributed by atoms with Gasteiger partial charge in [-0.25, -0.2) is 4.90 Å². The predicted molar refractivity (Wildman–Crippen MR) is 164 cm³/mol. The Bertz CT molecular complexity index is 499. The lowest BCUT2D eigenvalue weighted by Crippen LogP contribution is -3.17. The average Bonchev–Trinajstić information content (AvgIpc) is 3.30. The molecule has 3 nitrogen and oxygen atoms in total. The number of hydrogen-bond donors (Lipinski definition) is 2. The van der Waals surface area contributed by atoms with Gasteiger partial charge in [0.25, 0.3) is 0 Å². The molecule has 4 heteroatoms. The molecule has 3 atom stereocenters. The topological polar surface area (TPSA) is 27.9 Å². The molecular weight excluding hydrogens is 488 g/mol. The van der Waals surface area contributed by atoms with Crippen molar-refractivity contribution in [1.29, 1.82) is 0 Å². The highest BCUT2D eigenvalue weighted by Crippen LogP contribution is 2.14. The zero-order valence-corrected chi connectivity index (χ0v) is 26.9. The van der Waals surface area contributed by atoms with Crippen molar-refractivity contribution in [3.63, 3.8) is 0 Å². The van der Waals surface area contributed by atoms with Crippen LogP contribution in [0.15, 0.2) is 12.2 Å². The van der Waals surface area contributed by atoms with E-state index in [0.29, 0.717) is 6.17 Å². The number of halogens is 1. The molecule has 228 valence electrons. The van der Waals surface area contributed by atoms with Crippen molar-refractivity contribution in [3.05, 3.63) is 12.2 Å². The molecule has 0 saturated carbocycles. The Balaban J connectivity index is 0.0000137. The first-order valence-electron chi connectivity index (χ1n) is 17.1. The molecule has 1 heterocycles. The smallest absolute Gasteiger partial charge is 0.187 e. The summed E-state index contributed by atoms with van der Waals surface area (Å²) in [5.74, 6) is 0. The van der Waals surface area contributed by atoms with Crippen molar-refractivity contribution >= 4 is 0 Å². The molecule has 3 unspecified atom stereocenters. The zero-order valence-electron chi connectivity index (χ0n) is 26.2. The standard InChI is InChI=1S/C34H68N2O.ClH/c1-4-6-8-10-12-14-16-17-18-19-20-21-23-25-27-29-34-35(31-32-36(34)33(3)37)30-28-26-24-22-15-13-11-9-7-5-2;/h27,29,33-34,37H,4-26,28,30-32H2,1-3H3;1H. The third kappa shape index (κ3) is 20.8. The lowest BCUT2D eigenvalue weighted by Gasteiger charge is -2.26. The maximum Gasteiger partial charge on any atom is 0.187 e. The monoisotopic (exact) mass is 557 g/mol. The molecule has 1 aliphatic heterocycles. The Kier molecular flexibility index (Phi) is 28.4. The quantitative estimate of drug-likeness (QED) is 0.0986. The average molecular weight is 557 g/mol. The van der Waals surface area contributed by atoms with Crippen LogP contribution in [0.2, 0.25) is 0 Å². The van der Waals surface area contributed by atoms with Gasteiger partial charge < -0.3 is 17.5 Å². The molecule has 2 N–H and O–H groups in total. The van der Waals surface area contributed by atoms with Crippen LogP contribution in [0.25, 0.3) is 0 Å². The second kappa shape index (κ2) is 28.4. The zero-order chi connectivity index (χ0) is 26.8.